The average molecular weight is 437 g/mol. The summed E-state index contributed by atoms with van der Waals surface area (Å²) in [6, 6.07) is 0. The van der Waals surface area contributed by atoms with Crippen molar-refractivity contribution in [3.05, 3.63) is 0 Å². The summed E-state index contributed by atoms with van der Waals surface area (Å²) >= 11 is 0. The molecule has 1 saturated heterocycles. The monoisotopic (exact) mass is 436 g/mol. The van der Waals surface area contributed by atoms with E-state index in [4.69, 9.17) is 33.9 Å². The van der Waals surface area contributed by atoms with Crippen molar-refractivity contribution < 1.29 is 33.9 Å². The number of aliphatic hydroxyl groups is 2. The minimum atomic E-state index is 0.0413. The van der Waals surface area contributed by atoms with E-state index in [0.29, 0.717) is 45.7 Å². The fourth-order valence-electron chi connectivity index (χ4n) is 2.74. The highest BCUT2D eigenvalue weighted by Gasteiger charge is 2.21. The lowest BCUT2D eigenvalue weighted by Gasteiger charge is -2.04. The molecule has 0 aromatic rings. The number of hydrogen-bond acceptors (Lipinski definition) is 7. The van der Waals surface area contributed by atoms with Gasteiger partial charge in [-0.25, -0.2) is 0 Å². The third-order valence-corrected chi connectivity index (χ3v) is 4.56. The summed E-state index contributed by atoms with van der Waals surface area (Å²) in [4.78, 5) is 0. The average Bonchev–Trinajstić information content (AvgIpc) is 3.58. The topological polar surface area (TPSA) is 89.9 Å². The van der Waals surface area contributed by atoms with Crippen LogP contribution >= 0.6 is 0 Å². The Morgan fingerprint density at radius 3 is 1.47 bits per heavy atom. The van der Waals surface area contributed by atoms with E-state index in [1.165, 1.54) is 64.2 Å². The van der Waals surface area contributed by atoms with Crippen LogP contribution in [0.1, 0.15) is 71.1 Å². The molecule has 0 radical (unpaired) electrons. The predicted molar refractivity (Wildman–Crippen MR) is 119 cm³/mol. The Labute approximate surface area is 184 Å². The van der Waals surface area contributed by atoms with Gasteiger partial charge >= 0.3 is 0 Å². The van der Waals surface area contributed by atoms with Gasteiger partial charge < -0.3 is 33.9 Å². The van der Waals surface area contributed by atoms with Crippen molar-refractivity contribution in [3.8, 4) is 0 Å². The maximum Gasteiger partial charge on any atom is 0.104 e. The van der Waals surface area contributed by atoms with Crippen LogP contribution in [0.4, 0.5) is 0 Å². The third kappa shape index (κ3) is 27.7. The maximum atomic E-state index is 8.36. The molecule has 7 heteroatoms. The zero-order chi connectivity index (χ0) is 22.0. The second kappa shape index (κ2) is 26.8. The van der Waals surface area contributed by atoms with E-state index in [1.54, 1.807) is 0 Å². The smallest absolute Gasteiger partial charge is 0.104 e. The SMILES string of the molecule is CCCCCCCCCCCCOCC1CO1.OCCOCCOCCOCCO. The summed E-state index contributed by atoms with van der Waals surface area (Å²) in [5.41, 5.74) is 0. The molecule has 1 rings (SSSR count). The normalized spacial score (nSPS) is 15.1. The minimum absolute atomic E-state index is 0.0413. The first-order valence-electron chi connectivity index (χ1n) is 12.0. The lowest BCUT2D eigenvalue weighted by molar-refractivity contribution is 0.00230. The Morgan fingerprint density at radius 2 is 1.03 bits per heavy atom. The van der Waals surface area contributed by atoms with Gasteiger partial charge in [0.1, 0.15) is 6.10 Å². The van der Waals surface area contributed by atoms with Gasteiger partial charge in [-0.15, -0.1) is 0 Å². The fourth-order valence-corrected chi connectivity index (χ4v) is 2.74. The van der Waals surface area contributed by atoms with E-state index in [2.05, 4.69) is 6.92 Å². The van der Waals surface area contributed by atoms with E-state index in [0.717, 1.165) is 19.8 Å². The third-order valence-electron chi connectivity index (χ3n) is 4.56. The van der Waals surface area contributed by atoms with Crippen LogP contribution in [-0.2, 0) is 23.7 Å². The summed E-state index contributed by atoms with van der Waals surface area (Å²) in [5, 5.41) is 16.7. The summed E-state index contributed by atoms with van der Waals surface area (Å²) in [6.07, 6.45) is 14.3. The van der Waals surface area contributed by atoms with Crippen LogP contribution in [0.5, 0.6) is 0 Å². The van der Waals surface area contributed by atoms with Crippen LogP contribution in [0.15, 0.2) is 0 Å². The molecule has 0 aromatic heterocycles. The van der Waals surface area contributed by atoms with Gasteiger partial charge in [0.15, 0.2) is 0 Å². The van der Waals surface area contributed by atoms with Crippen molar-refractivity contribution in [1.29, 1.82) is 0 Å². The molecule has 0 aliphatic carbocycles. The van der Waals surface area contributed by atoms with E-state index in [9.17, 15) is 0 Å². The van der Waals surface area contributed by atoms with Crippen LogP contribution in [0.3, 0.4) is 0 Å². The lowest BCUT2D eigenvalue weighted by Crippen LogP contribution is -2.11. The largest absolute Gasteiger partial charge is 0.394 e. The Balaban J connectivity index is 0.000000584. The molecule has 0 saturated carbocycles. The van der Waals surface area contributed by atoms with Gasteiger partial charge in [0.25, 0.3) is 0 Å². The second-order valence-corrected chi connectivity index (χ2v) is 7.50. The molecule has 1 fully saturated rings. The van der Waals surface area contributed by atoms with Crippen molar-refractivity contribution in [3.63, 3.8) is 0 Å². The molecule has 2 N–H and O–H groups in total. The minimum Gasteiger partial charge on any atom is -0.394 e. The van der Waals surface area contributed by atoms with Crippen LogP contribution in [0.2, 0.25) is 0 Å². The zero-order valence-electron chi connectivity index (χ0n) is 19.4. The van der Waals surface area contributed by atoms with E-state index >= 15 is 0 Å². The molecule has 0 aromatic carbocycles. The lowest BCUT2D eigenvalue weighted by atomic mass is 10.1. The molecule has 0 spiro atoms. The van der Waals surface area contributed by atoms with Gasteiger partial charge in [-0.2, -0.15) is 0 Å². The number of aliphatic hydroxyl groups excluding tert-OH is 2. The van der Waals surface area contributed by atoms with Gasteiger partial charge in [0.05, 0.1) is 66.1 Å². The van der Waals surface area contributed by atoms with Crippen LogP contribution in [0, 0.1) is 0 Å². The zero-order valence-corrected chi connectivity index (χ0v) is 19.4. The number of ether oxygens (including phenoxy) is 5. The van der Waals surface area contributed by atoms with Gasteiger partial charge in [-0.05, 0) is 6.42 Å². The highest BCUT2D eigenvalue weighted by atomic mass is 16.6. The summed E-state index contributed by atoms with van der Waals surface area (Å²) in [6.45, 7) is 7.70. The molecule has 1 atom stereocenters. The number of epoxide rings is 1. The Kier molecular flexibility index (Phi) is 26.5. The molecule has 182 valence electrons. The molecule has 1 aliphatic rings. The Morgan fingerprint density at radius 1 is 0.600 bits per heavy atom. The van der Waals surface area contributed by atoms with Crippen LogP contribution in [-0.4, -0.2) is 89.0 Å². The highest BCUT2D eigenvalue weighted by molar-refractivity contribution is 4.66. The van der Waals surface area contributed by atoms with Gasteiger partial charge in [-0.1, -0.05) is 64.7 Å². The molecule has 1 heterocycles. The van der Waals surface area contributed by atoms with Crippen molar-refractivity contribution in [2.45, 2.75) is 77.2 Å². The first-order valence-corrected chi connectivity index (χ1v) is 12.0. The number of rotatable bonds is 23. The Bertz CT molecular complexity index is 291. The number of hydrogen-bond donors (Lipinski definition) is 2. The summed E-state index contributed by atoms with van der Waals surface area (Å²) in [5.74, 6) is 0. The van der Waals surface area contributed by atoms with Crippen molar-refractivity contribution in [2.75, 3.05) is 72.7 Å². The number of unbranched alkanes of at least 4 members (excludes halogenated alkanes) is 9. The summed E-state index contributed by atoms with van der Waals surface area (Å²) in [7, 11) is 0. The van der Waals surface area contributed by atoms with Gasteiger partial charge in [0, 0.05) is 6.61 Å². The van der Waals surface area contributed by atoms with Gasteiger partial charge in [0.2, 0.25) is 0 Å². The molecule has 7 nitrogen and oxygen atoms in total. The molecular weight excluding hydrogens is 388 g/mol. The molecule has 1 unspecified atom stereocenters. The van der Waals surface area contributed by atoms with Crippen LogP contribution in [0.25, 0.3) is 0 Å². The van der Waals surface area contributed by atoms with Crippen LogP contribution < -0.4 is 0 Å². The summed E-state index contributed by atoms with van der Waals surface area (Å²) < 4.78 is 25.6. The van der Waals surface area contributed by atoms with Crippen molar-refractivity contribution in [2.24, 2.45) is 0 Å². The van der Waals surface area contributed by atoms with Crippen molar-refractivity contribution in [1.82, 2.24) is 0 Å². The van der Waals surface area contributed by atoms with Crippen molar-refractivity contribution >= 4 is 0 Å². The Hall–Kier alpha value is -0.280. The molecule has 0 bridgehead atoms. The van der Waals surface area contributed by atoms with E-state index in [-0.39, 0.29) is 13.2 Å². The van der Waals surface area contributed by atoms with Gasteiger partial charge in [-0.3, -0.25) is 0 Å². The molecular formula is C23H48O7. The van der Waals surface area contributed by atoms with E-state index < -0.39 is 0 Å². The molecule has 30 heavy (non-hydrogen) atoms. The van der Waals surface area contributed by atoms with E-state index in [1.807, 2.05) is 0 Å². The first kappa shape index (κ1) is 29.7. The molecule has 0 amide bonds. The first-order chi connectivity index (χ1) is 14.8. The predicted octanol–water partition coefficient (Wildman–Crippen LogP) is 3.34. The standard InChI is InChI=1S/C15H30O2.C8H18O5/c1-2-3-4-5-6-7-8-9-10-11-12-16-13-15-14-17-15;9-1-3-11-5-7-13-8-6-12-4-2-10/h15H,2-14H2,1H3;9-10H,1-8H2. The quantitative estimate of drug-likeness (QED) is 0.187. The molecule has 1 aliphatic heterocycles. The highest BCUT2D eigenvalue weighted by Crippen LogP contribution is 2.11. The fraction of sp³-hybridized carbons (Fsp3) is 1.00. The second-order valence-electron chi connectivity index (χ2n) is 7.50. The maximum absolute atomic E-state index is 8.36.